The largest absolute Gasteiger partial charge is 0.302 e. The third-order valence-electron chi connectivity index (χ3n) is 6.23. The molecular weight excluding hydrogens is 563 g/mol. The summed E-state index contributed by atoms with van der Waals surface area (Å²) in [6.45, 7) is 7.04. The number of nitrogens with zero attached hydrogens (tertiary/aromatic N) is 4. The molecule has 0 aliphatic rings. The lowest BCUT2D eigenvalue weighted by Gasteiger charge is -2.25. The fourth-order valence-electron chi connectivity index (χ4n) is 3.93. The SMILES string of the molecule is CCN(CC)CCN(C(=O)c1ccc(S(=O)(=O)N(C)c2ccccc2)cc1)c1nc2ccc(Cl)cc2s1.Cl. The number of rotatable bonds is 10. The van der Waals surface area contributed by atoms with Crippen LogP contribution in [0.3, 0.4) is 0 Å². The van der Waals surface area contributed by atoms with Gasteiger partial charge in [0.15, 0.2) is 5.13 Å². The highest BCUT2D eigenvalue weighted by molar-refractivity contribution is 7.92. The highest BCUT2D eigenvalue weighted by Crippen LogP contribution is 2.32. The van der Waals surface area contributed by atoms with E-state index in [-0.39, 0.29) is 23.2 Å². The molecule has 4 rings (SSSR count). The Morgan fingerprint density at radius 3 is 2.24 bits per heavy atom. The standard InChI is InChI=1S/C27H29ClN4O3S2.ClH/c1-4-31(5-2)17-18-32(27-29-24-16-13-21(28)19-25(24)36-27)26(33)20-11-14-23(15-12-20)37(34,35)30(3)22-9-7-6-8-10-22;/h6-16,19H,4-5,17-18H2,1-3H3;1H. The molecule has 1 aromatic heterocycles. The number of anilines is 2. The number of carbonyl (C=O) groups is 1. The van der Waals surface area contributed by atoms with E-state index in [1.807, 2.05) is 18.2 Å². The topological polar surface area (TPSA) is 73.8 Å². The van der Waals surface area contributed by atoms with Crippen molar-refractivity contribution in [1.29, 1.82) is 0 Å². The van der Waals surface area contributed by atoms with Gasteiger partial charge in [-0.15, -0.1) is 12.4 Å². The fraction of sp³-hybridized carbons (Fsp3) is 0.259. The Kier molecular flexibility index (Phi) is 10.1. The molecular formula is C27H30Cl2N4O3S2. The number of benzene rings is 3. The molecule has 0 bridgehead atoms. The maximum Gasteiger partial charge on any atom is 0.264 e. The van der Waals surface area contributed by atoms with Gasteiger partial charge in [-0.05, 0) is 67.7 Å². The Morgan fingerprint density at radius 1 is 0.947 bits per heavy atom. The third kappa shape index (κ3) is 6.47. The van der Waals surface area contributed by atoms with Crippen molar-refractivity contribution in [2.45, 2.75) is 18.7 Å². The number of halogens is 2. The summed E-state index contributed by atoms with van der Waals surface area (Å²) in [5.74, 6) is -0.238. The average Bonchev–Trinajstić information content (AvgIpc) is 3.33. The van der Waals surface area contributed by atoms with Crippen molar-refractivity contribution in [3.05, 3.63) is 83.4 Å². The van der Waals surface area contributed by atoms with Crippen LogP contribution in [0, 0.1) is 0 Å². The van der Waals surface area contributed by atoms with Crippen molar-refractivity contribution >= 4 is 72.3 Å². The van der Waals surface area contributed by atoms with E-state index in [1.54, 1.807) is 47.4 Å². The zero-order chi connectivity index (χ0) is 26.6. The smallest absolute Gasteiger partial charge is 0.264 e. The van der Waals surface area contributed by atoms with Gasteiger partial charge in [0, 0.05) is 30.7 Å². The van der Waals surface area contributed by atoms with Gasteiger partial charge in [0.05, 0.1) is 20.8 Å². The van der Waals surface area contributed by atoms with Gasteiger partial charge in [-0.2, -0.15) is 0 Å². The first-order chi connectivity index (χ1) is 17.7. The van der Waals surface area contributed by atoms with Crippen molar-refractivity contribution in [2.24, 2.45) is 0 Å². The summed E-state index contributed by atoms with van der Waals surface area (Å²) < 4.78 is 28.4. The summed E-state index contributed by atoms with van der Waals surface area (Å²) in [6.07, 6.45) is 0. The third-order valence-corrected chi connectivity index (χ3v) is 9.31. The minimum atomic E-state index is -3.78. The molecule has 0 saturated carbocycles. The summed E-state index contributed by atoms with van der Waals surface area (Å²) in [7, 11) is -2.27. The summed E-state index contributed by atoms with van der Waals surface area (Å²) in [5, 5.41) is 1.19. The molecule has 4 aromatic rings. The summed E-state index contributed by atoms with van der Waals surface area (Å²) in [4.78, 5) is 22.4. The first-order valence-corrected chi connectivity index (χ1v) is 14.6. The monoisotopic (exact) mass is 592 g/mol. The lowest BCUT2D eigenvalue weighted by Crippen LogP contribution is -2.38. The number of thiazole rings is 1. The van der Waals surface area contributed by atoms with Gasteiger partial charge >= 0.3 is 0 Å². The number of amides is 1. The Bertz CT molecular complexity index is 1480. The zero-order valence-corrected chi connectivity index (χ0v) is 24.6. The number of para-hydroxylation sites is 1. The molecule has 1 heterocycles. The van der Waals surface area contributed by atoms with Crippen LogP contribution in [0.25, 0.3) is 10.2 Å². The maximum absolute atomic E-state index is 13.7. The first kappa shape index (κ1) is 29.9. The van der Waals surface area contributed by atoms with E-state index in [1.165, 1.54) is 34.8 Å². The number of fused-ring (bicyclic) bond motifs is 1. The predicted octanol–water partition coefficient (Wildman–Crippen LogP) is 6.19. The van der Waals surface area contributed by atoms with E-state index in [9.17, 15) is 13.2 Å². The second-order valence-electron chi connectivity index (χ2n) is 8.42. The van der Waals surface area contributed by atoms with Crippen LogP contribution in [0.2, 0.25) is 5.02 Å². The van der Waals surface area contributed by atoms with Crippen molar-refractivity contribution in [3.8, 4) is 0 Å². The highest BCUT2D eigenvalue weighted by Gasteiger charge is 2.25. The fourth-order valence-corrected chi connectivity index (χ4v) is 6.39. The molecule has 0 fully saturated rings. The van der Waals surface area contributed by atoms with E-state index >= 15 is 0 Å². The molecule has 0 saturated heterocycles. The Labute approximate surface area is 239 Å². The lowest BCUT2D eigenvalue weighted by molar-refractivity contribution is 0.0983. The van der Waals surface area contributed by atoms with Gasteiger partial charge in [-0.1, -0.05) is 55.0 Å². The van der Waals surface area contributed by atoms with Gasteiger partial charge in [0.2, 0.25) is 0 Å². The molecule has 11 heteroatoms. The van der Waals surface area contributed by atoms with E-state index in [0.29, 0.717) is 34.5 Å². The normalized spacial score (nSPS) is 11.4. The first-order valence-electron chi connectivity index (χ1n) is 12.0. The Morgan fingerprint density at radius 2 is 1.61 bits per heavy atom. The molecule has 1 amide bonds. The van der Waals surface area contributed by atoms with E-state index in [4.69, 9.17) is 11.6 Å². The van der Waals surface area contributed by atoms with E-state index in [0.717, 1.165) is 23.3 Å². The number of aromatic nitrogens is 1. The molecule has 0 N–H and O–H groups in total. The summed E-state index contributed by atoms with van der Waals surface area (Å²) in [6, 6.07) is 20.4. The van der Waals surface area contributed by atoms with Gasteiger partial charge < -0.3 is 4.90 Å². The molecule has 0 unspecified atom stereocenters. The molecule has 7 nitrogen and oxygen atoms in total. The van der Waals surface area contributed by atoms with Crippen LogP contribution >= 0.6 is 35.3 Å². The Hall–Kier alpha value is -2.69. The predicted molar refractivity (Wildman–Crippen MR) is 160 cm³/mol. The number of carbonyl (C=O) groups excluding carboxylic acids is 1. The lowest BCUT2D eigenvalue weighted by atomic mass is 10.2. The van der Waals surface area contributed by atoms with Gasteiger partial charge in [-0.3, -0.25) is 14.0 Å². The van der Waals surface area contributed by atoms with E-state index < -0.39 is 10.0 Å². The molecule has 202 valence electrons. The second kappa shape index (κ2) is 12.9. The number of hydrogen-bond acceptors (Lipinski definition) is 6. The maximum atomic E-state index is 13.7. The van der Waals surface area contributed by atoms with Crippen molar-refractivity contribution in [2.75, 3.05) is 42.4 Å². The minimum Gasteiger partial charge on any atom is -0.302 e. The number of hydrogen-bond donors (Lipinski definition) is 0. The van der Waals surface area contributed by atoms with Crippen LogP contribution in [0.1, 0.15) is 24.2 Å². The van der Waals surface area contributed by atoms with Gasteiger partial charge in [0.1, 0.15) is 0 Å². The summed E-state index contributed by atoms with van der Waals surface area (Å²) >= 11 is 7.57. The number of sulfonamides is 1. The van der Waals surface area contributed by atoms with Crippen LogP contribution in [0.4, 0.5) is 10.8 Å². The van der Waals surface area contributed by atoms with Gasteiger partial charge in [-0.25, -0.2) is 13.4 Å². The molecule has 0 atom stereocenters. The average molecular weight is 594 g/mol. The van der Waals surface area contributed by atoms with Crippen LogP contribution in [0.5, 0.6) is 0 Å². The van der Waals surface area contributed by atoms with Crippen molar-refractivity contribution in [3.63, 3.8) is 0 Å². The van der Waals surface area contributed by atoms with Crippen LogP contribution in [0.15, 0.2) is 77.7 Å². The molecule has 0 radical (unpaired) electrons. The molecule has 0 aliphatic carbocycles. The second-order valence-corrected chi connectivity index (χ2v) is 11.8. The molecule has 0 aliphatic heterocycles. The molecule has 38 heavy (non-hydrogen) atoms. The van der Waals surface area contributed by atoms with Crippen molar-refractivity contribution in [1.82, 2.24) is 9.88 Å². The van der Waals surface area contributed by atoms with Crippen LogP contribution in [-0.2, 0) is 10.0 Å². The van der Waals surface area contributed by atoms with Crippen molar-refractivity contribution < 1.29 is 13.2 Å². The zero-order valence-electron chi connectivity index (χ0n) is 21.4. The van der Waals surface area contributed by atoms with E-state index in [2.05, 4.69) is 23.7 Å². The highest BCUT2D eigenvalue weighted by atomic mass is 35.5. The summed E-state index contributed by atoms with van der Waals surface area (Å²) in [5.41, 5.74) is 1.72. The van der Waals surface area contributed by atoms with Gasteiger partial charge in [0.25, 0.3) is 15.9 Å². The molecule has 0 spiro atoms. The van der Waals surface area contributed by atoms with Crippen LogP contribution < -0.4 is 9.21 Å². The number of likely N-dealkylation sites (N-methyl/N-ethyl adjacent to an activating group) is 1. The van der Waals surface area contributed by atoms with Crippen LogP contribution in [-0.4, -0.2) is 57.4 Å². The Balaban J connectivity index is 0.00000400. The molecule has 3 aromatic carbocycles. The minimum absolute atomic E-state index is 0. The quantitative estimate of drug-likeness (QED) is 0.220.